The Bertz CT molecular complexity index is 905. The van der Waals surface area contributed by atoms with Crippen LogP contribution in [0.15, 0.2) is 35.1 Å². The summed E-state index contributed by atoms with van der Waals surface area (Å²) in [5.41, 5.74) is 0.560. The molecular formula is C25H36N2O5. The van der Waals surface area contributed by atoms with Gasteiger partial charge in [-0.2, -0.15) is 0 Å². The zero-order chi connectivity index (χ0) is 24.1. The summed E-state index contributed by atoms with van der Waals surface area (Å²) in [4.78, 5) is 37.5. The molecule has 2 atom stereocenters. The second-order valence-electron chi connectivity index (χ2n) is 9.69. The minimum absolute atomic E-state index is 0.0626. The number of ether oxygens (including phenoxy) is 1. The van der Waals surface area contributed by atoms with Gasteiger partial charge in [0.25, 0.3) is 0 Å². The fraction of sp³-hybridized carbons (Fsp3) is 0.560. The Kier molecular flexibility index (Phi) is 8.61. The van der Waals surface area contributed by atoms with Gasteiger partial charge in [0.15, 0.2) is 5.43 Å². The molecule has 0 fully saturated rings. The van der Waals surface area contributed by atoms with Gasteiger partial charge in [-0.3, -0.25) is 9.59 Å². The molecule has 2 aromatic carbocycles. The van der Waals surface area contributed by atoms with Crippen molar-refractivity contribution in [2.24, 2.45) is 11.8 Å². The zero-order valence-electron chi connectivity index (χ0n) is 19.9. The fourth-order valence-corrected chi connectivity index (χ4v) is 3.62. The van der Waals surface area contributed by atoms with Crippen LogP contribution in [0.2, 0.25) is 0 Å². The van der Waals surface area contributed by atoms with Crippen LogP contribution < -0.4 is 16.1 Å². The first-order chi connectivity index (χ1) is 14.9. The Morgan fingerprint density at radius 3 is 2.19 bits per heavy atom. The van der Waals surface area contributed by atoms with Crippen LogP contribution in [0.4, 0.5) is 4.79 Å². The minimum atomic E-state index is -1.18. The van der Waals surface area contributed by atoms with Crippen LogP contribution in [0.25, 0.3) is 0 Å². The van der Waals surface area contributed by atoms with Crippen LogP contribution in [0, 0.1) is 11.8 Å². The molecule has 0 heterocycles. The highest BCUT2D eigenvalue weighted by atomic mass is 16.5. The molecule has 32 heavy (non-hydrogen) atoms. The van der Waals surface area contributed by atoms with Crippen molar-refractivity contribution in [2.75, 3.05) is 0 Å². The molecule has 0 aromatic heterocycles. The molecule has 2 amide bonds. The lowest BCUT2D eigenvalue weighted by atomic mass is 9.96. The summed E-state index contributed by atoms with van der Waals surface area (Å²) in [5.74, 6) is -0.0765. The highest BCUT2D eigenvalue weighted by Crippen LogP contribution is 2.27. The number of carbonyl (C=O) groups is 2. The first-order valence-corrected chi connectivity index (χ1v) is 11.2. The predicted molar refractivity (Wildman–Crippen MR) is 124 cm³/mol. The number of hydrogen-bond acceptors (Lipinski definition) is 5. The van der Waals surface area contributed by atoms with Gasteiger partial charge in [0.1, 0.15) is 12.6 Å². The van der Waals surface area contributed by atoms with Gasteiger partial charge >= 0.3 is 6.09 Å². The monoisotopic (exact) mass is 444 g/mol. The summed E-state index contributed by atoms with van der Waals surface area (Å²) in [6.45, 7) is 11.1. The number of alkyl carbamates (subject to hydrolysis) is 1. The lowest BCUT2D eigenvalue weighted by Gasteiger charge is -2.26. The van der Waals surface area contributed by atoms with E-state index in [1.54, 1.807) is 13.8 Å². The highest BCUT2D eigenvalue weighted by molar-refractivity contribution is 5.85. The van der Waals surface area contributed by atoms with Crippen LogP contribution in [0.3, 0.4) is 0 Å². The lowest BCUT2D eigenvalue weighted by Crippen LogP contribution is -2.51. The standard InChI is InChI=1S/C25H36N2O5/c1-15(2)12-20(27-24(30)32-14-17-10-8-7-9-11-17)23(29)26-19(16(3)4)13-18-21(22(18)28)25(5,6)31/h7-11,15-16,19-20,31H,12-14H2,1-6H3,(H,26,29)(H,27,30)/t19-,20?/m0/s1. The van der Waals surface area contributed by atoms with Gasteiger partial charge in [0, 0.05) is 17.2 Å². The Labute approximate surface area is 190 Å². The van der Waals surface area contributed by atoms with Crippen molar-refractivity contribution in [3.63, 3.8) is 0 Å². The molecule has 0 bridgehead atoms. The van der Waals surface area contributed by atoms with Crippen molar-refractivity contribution in [1.29, 1.82) is 0 Å². The van der Waals surface area contributed by atoms with Gasteiger partial charge in [-0.05, 0) is 44.1 Å². The number of carbonyl (C=O) groups excluding carboxylic acids is 2. The average Bonchev–Trinajstić information content (AvgIpc) is 3.35. The third kappa shape index (κ3) is 7.48. The van der Waals surface area contributed by atoms with Gasteiger partial charge in [0.05, 0.1) is 5.60 Å². The Morgan fingerprint density at radius 2 is 1.69 bits per heavy atom. The molecule has 0 aliphatic heterocycles. The zero-order valence-corrected chi connectivity index (χ0v) is 19.9. The first-order valence-electron chi connectivity index (χ1n) is 11.2. The molecular weight excluding hydrogens is 408 g/mol. The molecule has 0 spiro atoms. The quantitative estimate of drug-likeness (QED) is 0.494. The van der Waals surface area contributed by atoms with Crippen molar-refractivity contribution >= 4 is 12.0 Å². The van der Waals surface area contributed by atoms with Crippen LogP contribution in [-0.2, 0) is 28.2 Å². The summed E-state index contributed by atoms with van der Waals surface area (Å²) >= 11 is 0. The third-order valence-corrected chi connectivity index (χ3v) is 5.44. The number of benzene rings is 1. The normalized spacial score (nSPS) is 13.9. The van der Waals surface area contributed by atoms with E-state index in [1.165, 1.54) is 0 Å². The van der Waals surface area contributed by atoms with E-state index in [-0.39, 0.29) is 35.8 Å². The average molecular weight is 445 g/mol. The number of hydrogen-bond donors (Lipinski definition) is 3. The van der Waals surface area contributed by atoms with Crippen LogP contribution in [0.1, 0.15) is 64.7 Å². The number of nitrogens with one attached hydrogen (secondary N) is 2. The minimum Gasteiger partial charge on any atom is -0.445 e. The maximum atomic E-state index is 13.0. The van der Waals surface area contributed by atoms with Crippen molar-refractivity contribution in [3.8, 4) is 0 Å². The summed E-state index contributed by atoms with van der Waals surface area (Å²) in [5, 5.41) is 15.8. The van der Waals surface area contributed by atoms with E-state index in [9.17, 15) is 19.5 Å². The van der Waals surface area contributed by atoms with E-state index in [1.807, 2.05) is 58.0 Å². The van der Waals surface area contributed by atoms with Gasteiger partial charge in [-0.25, -0.2) is 4.79 Å². The molecule has 1 unspecified atom stereocenters. The molecule has 0 aliphatic rings. The van der Waals surface area contributed by atoms with E-state index in [0.29, 0.717) is 24.0 Å². The molecule has 0 radical (unpaired) electrons. The molecule has 176 valence electrons. The lowest BCUT2D eigenvalue weighted by molar-refractivity contribution is -0.124. The SMILES string of the molecule is CC(C)CC(NC(=O)OCc1ccccc1)C(=O)N[C@@H](Cc1c(C(C)(C)O)c1=O)C(C)C. The van der Waals surface area contributed by atoms with E-state index >= 15 is 0 Å². The molecule has 7 nitrogen and oxygen atoms in total. The largest absolute Gasteiger partial charge is 0.445 e. The van der Waals surface area contributed by atoms with Crippen LogP contribution >= 0.6 is 0 Å². The van der Waals surface area contributed by atoms with Gasteiger partial charge in [-0.15, -0.1) is 0 Å². The summed E-state index contributed by atoms with van der Waals surface area (Å²) in [6, 6.07) is 8.27. The second-order valence-corrected chi connectivity index (χ2v) is 9.69. The molecule has 3 N–H and O–H groups in total. The number of rotatable bonds is 11. The van der Waals surface area contributed by atoms with Crippen LogP contribution in [-0.4, -0.2) is 29.2 Å². The maximum Gasteiger partial charge on any atom is 0.408 e. The topological polar surface area (TPSA) is 105 Å². The van der Waals surface area contributed by atoms with Gasteiger partial charge in [0.2, 0.25) is 5.91 Å². The molecule has 7 heteroatoms. The molecule has 2 aromatic rings. The molecule has 0 saturated carbocycles. The number of amides is 2. The molecule has 0 saturated heterocycles. The smallest absolute Gasteiger partial charge is 0.408 e. The summed E-state index contributed by atoms with van der Waals surface area (Å²) in [6.07, 6.45) is 0.155. The van der Waals surface area contributed by atoms with E-state index in [2.05, 4.69) is 10.6 Å². The fourth-order valence-electron chi connectivity index (χ4n) is 3.62. The Balaban J connectivity index is 2.01. The van der Waals surface area contributed by atoms with Crippen molar-refractivity contribution in [3.05, 3.63) is 57.2 Å². The molecule has 0 aliphatic carbocycles. The number of aliphatic hydroxyl groups is 1. The van der Waals surface area contributed by atoms with Crippen LogP contribution in [0.5, 0.6) is 0 Å². The predicted octanol–water partition coefficient (Wildman–Crippen LogP) is 3.17. The summed E-state index contributed by atoms with van der Waals surface area (Å²) < 4.78 is 5.27. The van der Waals surface area contributed by atoms with Crippen molar-refractivity contribution in [2.45, 2.75) is 78.7 Å². The van der Waals surface area contributed by atoms with E-state index in [4.69, 9.17) is 4.74 Å². The second kappa shape index (κ2) is 10.8. The maximum absolute atomic E-state index is 13.0. The Hall–Kier alpha value is -2.67. The Morgan fingerprint density at radius 1 is 1.06 bits per heavy atom. The molecule has 2 rings (SSSR count). The van der Waals surface area contributed by atoms with E-state index < -0.39 is 17.7 Å². The third-order valence-electron chi connectivity index (χ3n) is 5.44. The summed E-state index contributed by atoms with van der Waals surface area (Å²) in [7, 11) is 0. The van der Waals surface area contributed by atoms with E-state index in [0.717, 1.165) is 5.56 Å². The highest BCUT2D eigenvalue weighted by Gasteiger charge is 2.36. The van der Waals surface area contributed by atoms with Crippen molar-refractivity contribution < 1.29 is 19.4 Å². The first kappa shape index (κ1) is 25.6. The van der Waals surface area contributed by atoms with Gasteiger partial charge < -0.3 is 20.5 Å². The van der Waals surface area contributed by atoms with Crippen molar-refractivity contribution in [1.82, 2.24) is 10.6 Å². The van der Waals surface area contributed by atoms with Gasteiger partial charge in [-0.1, -0.05) is 58.0 Å².